The third kappa shape index (κ3) is 4.40. The summed E-state index contributed by atoms with van der Waals surface area (Å²) in [5.41, 5.74) is 6.41. The molecule has 0 aliphatic carbocycles. The highest BCUT2D eigenvalue weighted by Gasteiger charge is 2.23. The second-order valence-electron chi connectivity index (χ2n) is 4.70. The highest BCUT2D eigenvalue weighted by atomic mass is 32.2. The van der Waals surface area contributed by atoms with Crippen LogP contribution in [0.2, 0.25) is 0 Å². The van der Waals surface area contributed by atoms with Crippen LogP contribution in [0.5, 0.6) is 0 Å². The molecule has 0 amide bonds. The zero-order chi connectivity index (χ0) is 13.7. The summed E-state index contributed by atoms with van der Waals surface area (Å²) in [6.07, 6.45) is 3.12. The number of nitrogens with zero attached hydrogens (tertiary/aromatic N) is 1. The molecule has 106 valence electrons. The zero-order valence-corrected chi connectivity index (χ0v) is 12.5. The molecule has 2 rings (SSSR count). The third-order valence-electron chi connectivity index (χ3n) is 3.18. The van der Waals surface area contributed by atoms with Gasteiger partial charge in [-0.25, -0.2) is 12.7 Å². The highest BCUT2D eigenvalue weighted by molar-refractivity contribution is 8.00. The second-order valence-corrected chi connectivity index (χ2v) is 7.95. The summed E-state index contributed by atoms with van der Waals surface area (Å²) < 4.78 is 25.9. The number of piperidine rings is 1. The molecule has 1 aromatic carbocycles. The third-order valence-corrected chi connectivity index (χ3v) is 6.30. The Kier molecular flexibility index (Phi) is 5.13. The van der Waals surface area contributed by atoms with E-state index in [1.165, 1.54) is 11.8 Å². The number of nitrogen functional groups attached to an aromatic ring is 1. The minimum absolute atomic E-state index is 0.201. The van der Waals surface area contributed by atoms with Gasteiger partial charge in [-0.3, -0.25) is 0 Å². The number of thioether (sulfide) groups is 1. The van der Waals surface area contributed by atoms with E-state index in [-0.39, 0.29) is 5.75 Å². The molecule has 1 heterocycles. The van der Waals surface area contributed by atoms with Crippen LogP contribution in [0.4, 0.5) is 5.69 Å². The molecule has 0 saturated carbocycles. The van der Waals surface area contributed by atoms with Gasteiger partial charge in [-0.15, -0.1) is 11.8 Å². The van der Waals surface area contributed by atoms with Gasteiger partial charge in [-0.1, -0.05) is 12.5 Å². The molecule has 6 heteroatoms. The molecule has 1 fully saturated rings. The number of anilines is 1. The lowest BCUT2D eigenvalue weighted by Gasteiger charge is -2.25. The van der Waals surface area contributed by atoms with Crippen LogP contribution in [0, 0.1) is 0 Å². The predicted molar refractivity (Wildman–Crippen MR) is 80.8 cm³/mol. The van der Waals surface area contributed by atoms with Gasteiger partial charge >= 0.3 is 0 Å². The van der Waals surface area contributed by atoms with E-state index >= 15 is 0 Å². The van der Waals surface area contributed by atoms with Crippen molar-refractivity contribution in [3.63, 3.8) is 0 Å². The summed E-state index contributed by atoms with van der Waals surface area (Å²) in [5.74, 6) is 0.773. The van der Waals surface area contributed by atoms with Crippen molar-refractivity contribution in [2.75, 3.05) is 30.3 Å². The number of nitrogens with two attached hydrogens (primary N) is 1. The normalized spacial score (nSPS) is 17.5. The number of hydrogen-bond acceptors (Lipinski definition) is 4. The van der Waals surface area contributed by atoms with Crippen molar-refractivity contribution >= 4 is 27.5 Å². The minimum Gasteiger partial charge on any atom is -0.399 e. The topological polar surface area (TPSA) is 63.4 Å². The Morgan fingerprint density at radius 1 is 1.21 bits per heavy atom. The molecule has 1 aliphatic heterocycles. The van der Waals surface area contributed by atoms with E-state index in [0.29, 0.717) is 24.5 Å². The quantitative estimate of drug-likeness (QED) is 0.669. The largest absolute Gasteiger partial charge is 0.399 e. The maximum Gasteiger partial charge on any atom is 0.214 e. The van der Waals surface area contributed by atoms with Crippen LogP contribution in [0.15, 0.2) is 29.2 Å². The van der Waals surface area contributed by atoms with Crippen LogP contribution in [-0.4, -0.2) is 37.3 Å². The summed E-state index contributed by atoms with van der Waals surface area (Å²) in [6, 6.07) is 7.54. The molecule has 0 spiro atoms. The monoisotopic (exact) mass is 300 g/mol. The van der Waals surface area contributed by atoms with E-state index in [0.717, 1.165) is 24.2 Å². The average molecular weight is 300 g/mol. The molecule has 4 nitrogen and oxygen atoms in total. The van der Waals surface area contributed by atoms with Crippen LogP contribution >= 0.6 is 11.8 Å². The molecule has 0 bridgehead atoms. The van der Waals surface area contributed by atoms with Crippen molar-refractivity contribution in [3.05, 3.63) is 24.3 Å². The predicted octanol–water partition coefficient (Wildman–Crippen LogP) is 2.18. The van der Waals surface area contributed by atoms with Gasteiger partial charge in [-0.2, -0.15) is 0 Å². The van der Waals surface area contributed by atoms with Gasteiger partial charge in [0.2, 0.25) is 10.0 Å². The average Bonchev–Trinajstić information content (AvgIpc) is 2.40. The molecule has 0 unspecified atom stereocenters. The Morgan fingerprint density at radius 3 is 2.63 bits per heavy atom. The summed E-state index contributed by atoms with van der Waals surface area (Å²) in [7, 11) is -3.08. The van der Waals surface area contributed by atoms with Gasteiger partial charge < -0.3 is 5.73 Å². The van der Waals surface area contributed by atoms with Gasteiger partial charge in [0.15, 0.2) is 0 Å². The standard InChI is InChI=1S/C13H20N2O2S2/c14-12-5-4-6-13(11-12)18-9-10-19(16,17)15-7-2-1-3-8-15/h4-6,11H,1-3,7-10,14H2. The van der Waals surface area contributed by atoms with Crippen molar-refractivity contribution < 1.29 is 8.42 Å². The first-order valence-corrected chi connectivity index (χ1v) is 9.13. The van der Waals surface area contributed by atoms with Gasteiger partial charge in [0.1, 0.15) is 0 Å². The van der Waals surface area contributed by atoms with Crippen LogP contribution in [0.25, 0.3) is 0 Å². The molecular formula is C13H20N2O2S2. The first kappa shape index (κ1) is 14.7. The van der Waals surface area contributed by atoms with Crippen molar-refractivity contribution in [2.45, 2.75) is 24.2 Å². The molecule has 0 radical (unpaired) electrons. The first-order valence-electron chi connectivity index (χ1n) is 6.54. The van der Waals surface area contributed by atoms with Gasteiger partial charge in [0.25, 0.3) is 0 Å². The summed E-state index contributed by atoms with van der Waals surface area (Å²) in [5, 5.41) is 0. The number of sulfonamides is 1. The van der Waals surface area contributed by atoms with E-state index in [9.17, 15) is 8.42 Å². The molecular weight excluding hydrogens is 280 g/mol. The van der Waals surface area contributed by atoms with E-state index in [2.05, 4.69) is 0 Å². The number of benzene rings is 1. The minimum atomic E-state index is -3.08. The second kappa shape index (κ2) is 6.63. The fraction of sp³-hybridized carbons (Fsp3) is 0.538. The molecule has 1 aromatic rings. The van der Waals surface area contributed by atoms with Crippen molar-refractivity contribution in [1.29, 1.82) is 0 Å². The number of hydrogen-bond donors (Lipinski definition) is 1. The van der Waals surface area contributed by atoms with Crippen molar-refractivity contribution in [3.8, 4) is 0 Å². The molecule has 2 N–H and O–H groups in total. The van der Waals surface area contributed by atoms with E-state index in [1.54, 1.807) is 4.31 Å². The SMILES string of the molecule is Nc1cccc(SCCS(=O)(=O)N2CCCCC2)c1. The van der Waals surface area contributed by atoms with Gasteiger partial charge in [-0.05, 0) is 31.0 Å². The van der Waals surface area contributed by atoms with Crippen molar-refractivity contribution in [2.24, 2.45) is 0 Å². The lowest BCUT2D eigenvalue weighted by atomic mass is 10.2. The van der Waals surface area contributed by atoms with Gasteiger partial charge in [0.05, 0.1) is 5.75 Å². The Balaban J connectivity index is 1.84. The summed E-state index contributed by atoms with van der Waals surface area (Å²) >= 11 is 1.54. The molecule has 0 atom stereocenters. The lowest BCUT2D eigenvalue weighted by Crippen LogP contribution is -2.37. The van der Waals surface area contributed by atoms with E-state index < -0.39 is 10.0 Å². The molecule has 1 saturated heterocycles. The maximum atomic E-state index is 12.1. The molecule has 1 aliphatic rings. The van der Waals surface area contributed by atoms with Gasteiger partial charge in [0, 0.05) is 29.4 Å². The lowest BCUT2D eigenvalue weighted by molar-refractivity contribution is 0.347. The first-order chi connectivity index (χ1) is 9.08. The smallest absolute Gasteiger partial charge is 0.214 e. The Morgan fingerprint density at radius 2 is 1.95 bits per heavy atom. The zero-order valence-electron chi connectivity index (χ0n) is 10.9. The summed E-state index contributed by atoms with van der Waals surface area (Å²) in [4.78, 5) is 1.02. The summed E-state index contributed by atoms with van der Waals surface area (Å²) in [6.45, 7) is 1.37. The highest BCUT2D eigenvalue weighted by Crippen LogP contribution is 2.21. The van der Waals surface area contributed by atoms with Crippen LogP contribution < -0.4 is 5.73 Å². The van der Waals surface area contributed by atoms with Crippen LogP contribution in [-0.2, 0) is 10.0 Å². The maximum absolute atomic E-state index is 12.1. The van der Waals surface area contributed by atoms with E-state index in [4.69, 9.17) is 5.73 Å². The van der Waals surface area contributed by atoms with Crippen molar-refractivity contribution in [1.82, 2.24) is 4.31 Å². The fourth-order valence-electron chi connectivity index (χ4n) is 2.14. The Labute approximate surface area is 119 Å². The molecule has 0 aromatic heterocycles. The van der Waals surface area contributed by atoms with Crippen LogP contribution in [0.3, 0.4) is 0 Å². The Bertz CT molecular complexity index is 511. The number of rotatable bonds is 5. The van der Waals surface area contributed by atoms with Crippen LogP contribution in [0.1, 0.15) is 19.3 Å². The van der Waals surface area contributed by atoms with E-state index in [1.807, 2.05) is 24.3 Å². The Hall–Kier alpha value is -0.720. The fourth-order valence-corrected chi connectivity index (χ4v) is 5.02. The molecule has 19 heavy (non-hydrogen) atoms.